The molecule has 1 aliphatic heterocycles. The molecule has 1 aromatic heterocycles. The summed E-state index contributed by atoms with van der Waals surface area (Å²) in [6.45, 7) is 10.2. The summed E-state index contributed by atoms with van der Waals surface area (Å²) in [5.41, 5.74) is 0.515. The first-order valence-corrected chi connectivity index (χ1v) is 6.11. The molecule has 1 N–H and O–H groups in total. The SMILES string of the molecule is CC1(C)CCN(CCNCc2ccco2)C1. The van der Waals surface area contributed by atoms with Crippen LogP contribution in [0.2, 0.25) is 0 Å². The fraction of sp³-hybridized carbons (Fsp3) is 0.692. The Morgan fingerprint density at radius 1 is 1.50 bits per heavy atom. The van der Waals surface area contributed by atoms with Crippen molar-refractivity contribution in [3.05, 3.63) is 24.2 Å². The summed E-state index contributed by atoms with van der Waals surface area (Å²) in [5, 5.41) is 3.41. The lowest BCUT2D eigenvalue weighted by Gasteiger charge is -2.19. The van der Waals surface area contributed by atoms with E-state index < -0.39 is 0 Å². The maximum atomic E-state index is 5.26. The Morgan fingerprint density at radius 2 is 2.38 bits per heavy atom. The van der Waals surface area contributed by atoms with Gasteiger partial charge in [-0.2, -0.15) is 0 Å². The maximum absolute atomic E-state index is 5.26. The molecule has 2 rings (SSSR count). The topological polar surface area (TPSA) is 28.4 Å². The first-order chi connectivity index (χ1) is 7.66. The number of nitrogens with one attached hydrogen (secondary N) is 1. The number of hydrogen-bond acceptors (Lipinski definition) is 3. The van der Waals surface area contributed by atoms with E-state index in [4.69, 9.17) is 4.42 Å². The average molecular weight is 222 g/mol. The second-order valence-electron chi connectivity index (χ2n) is 5.45. The Bertz CT molecular complexity index is 306. The molecule has 0 aromatic carbocycles. The van der Waals surface area contributed by atoms with Gasteiger partial charge in [-0.3, -0.25) is 0 Å². The standard InChI is InChI=1S/C13H22N2O/c1-13(2)5-7-15(11-13)8-6-14-10-12-4-3-9-16-12/h3-4,9,14H,5-8,10-11H2,1-2H3. The predicted molar refractivity (Wildman–Crippen MR) is 65.3 cm³/mol. The molecule has 0 unspecified atom stereocenters. The van der Waals surface area contributed by atoms with Crippen LogP contribution in [0, 0.1) is 5.41 Å². The zero-order valence-electron chi connectivity index (χ0n) is 10.3. The van der Waals surface area contributed by atoms with Crippen molar-refractivity contribution in [3.8, 4) is 0 Å². The smallest absolute Gasteiger partial charge is 0.117 e. The summed E-state index contributed by atoms with van der Waals surface area (Å²) in [7, 11) is 0. The molecule has 3 heteroatoms. The van der Waals surface area contributed by atoms with Crippen molar-refractivity contribution in [3.63, 3.8) is 0 Å². The average Bonchev–Trinajstić information content (AvgIpc) is 2.82. The van der Waals surface area contributed by atoms with Crippen molar-refractivity contribution in [2.45, 2.75) is 26.8 Å². The van der Waals surface area contributed by atoms with E-state index in [1.54, 1.807) is 6.26 Å². The number of furan rings is 1. The fourth-order valence-corrected chi connectivity index (χ4v) is 2.28. The Morgan fingerprint density at radius 3 is 3.00 bits per heavy atom. The molecule has 0 saturated carbocycles. The van der Waals surface area contributed by atoms with Gasteiger partial charge in [0.25, 0.3) is 0 Å². The van der Waals surface area contributed by atoms with Crippen molar-refractivity contribution in [2.75, 3.05) is 26.2 Å². The van der Waals surface area contributed by atoms with Crippen LogP contribution in [0.25, 0.3) is 0 Å². The lowest BCUT2D eigenvalue weighted by Crippen LogP contribution is -2.31. The van der Waals surface area contributed by atoms with Crippen molar-refractivity contribution in [1.82, 2.24) is 10.2 Å². The Labute approximate surface area is 97.8 Å². The molecule has 0 spiro atoms. The van der Waals surface area contributed by atoms with Crippen LogP contribution in [0.5, 0.6) is 0 Å². The number of rotatable bonds is 5. The lowest BCUT2D eigenvalue weighted by molar-refractivity contribution is 0.288. The van der Waals surface area contributed by atoms with E-state index in [1.165, 1.54) is 19.5 Å². The van der Waals surface area contributed by atoms with Crippen molar-refractivity contribution < 1.29 is 4.42 Å². The quantitative estimate of drug-likeness (QED) is 0.773. The van der Waals surface area contributed by atoms with Crippen LogP contribution in [-0.2, 0) is 6.54 Å². The second-order valence-corrected chi connectivity index (χ2v) is 5.45. The highest BCUT2D eigenvalue weighted by atomic mass is 16.3. The molecular weight excluding hydrogens is 200 g/mol. The molecule has 90 valence electrons. The normalized spacial score (nSPS) is 20.4. The van der Waals surface area contributed by atoms with Gasteiger partial charge in [-0.1, -0.05) is 13.8 Å². The van der Waals surface area contributed by atoms with Gasteiger partial charge in [0.05, 0.1) is 12.8 Å². The van der Waals surface area contributed by atoms with E-state index in [9.17, 15) is 0 Å². The molecule has 3 nitrogen and oxygen atoms in total. The van der Waals surface area contributed by atoms with Crippen LogP contribution in [-0.4, -0.2) is 31.1 Å². The highest BCUT2D eigenvalue weighted by Gasteiger charge is 2.28. The summed E-state index contributed by atoms with van der Waals surface area (Å²) in [4.78, 5) is 2.54. The molecule has 2 heterocycles. The van der Waals surface area contributed by atoms with Gasteiger partial charge in [-0.15, -0.1) is 0 Å². The summed E-state index contributed by atoms with van der Waals surface area (Å²) in [6, 6.07) is 3.94. The minimum Gasteiger partial charge on any atom is -0.468 e. The molecule has 1 saturated heterocycles. The first kappa shape index (κ1) is 11.7. The van der Waals surface area contributed by atoms with Crippen LogP contribution in [0.15, 0.2) is 22.8 Å². The molecule has 0 aliphatic carbocycles. The van der Waals surface area contributed by atoms with Crippen LogP contribution in [0.1, 0.15) is 26.0 Å². The highest BCUT2D eigenvalue weighted by molar-refractivity contribution is 4.97. The van der Waals surface area contributed by atoms with E-state index in [2.05, 4.69) is 24.1 Å². The zero-order valence-corrected chi connectivity index (χ0v) is 10.3. The van der Waals surface area contributed by atoms with Crippen molar-refractivity contribution >= 4 is 0 Å². The van der Waals surface area contributed by atoms with Gasteiger partial charge in [0.1, 0.15) is 5.76 Å². The van der Waals surface area contributed by atoms with Crippen LogP contribution >= 0.6 is 0 Å². The molecule has 1 fully saturated rings. The van der Waals surface area contributed by atoms with Gasteiger partial charge in [-0.05, 0) is 30.5 Å². The minimum absolute atomic E-state index is 0.515. The Balaban J connectivity index is 1.59. The first-order valence-electron chi connectivity index (χ1n) is 6.11. The van der Waals surface area contributed by atoms with Gasteiger partial charge in [0.15, 0.2) is 0 Å². The van der Waals surface area contributed by atoms with Gasteiger partial charge >= 0.3 is 0 Å². The van der Waals surface area contributed by atoms with Gasteiger partial charge in [0, 0.05) is 19.6 Å². The van der Waals surface area contributed by atoms with E-state index in [0.717, 1.165) is 25.4 Å². The monoisotopic (exact) mass is 222 g/mol. The third-order valence-corrected chi connectivity index (χ3v) is 3.24. The second kappa shape index (κ2) is 5.02. The molecule has 0 atom stereocenters. The number of likely N-dealkylation sites (tertiary alicyclic amines) is 1. The van der Waals surface area contributed by atoms with Crippen LogP contribution in [0.4, 0.5) is 0 Å². The molecule has 1 aromatic rings. The van der Waals surface area contributed by atoms with Crippen LogP contribution in [0.3, 0.4) is 0 Å². The van der Waals surface area contributed by atoms with E-state index in [-0.39, 0.29) is 0 Å². The van der Waals surface area contributed by atoms with Crippen molar-refractivity contribution in [2.24, 2.45) is 5.41 Å². The molecule has 1 aliphatic rings. The summed E-state index contributed by atoms with van der Waals surface area (Å²) >= 11 is 0. The van der Waals surface area contributed by atoms with E-state index in [0.29, 0.717) is 5.41 Å². The molecular formula is C13H22N2O. The summed E-state index contributed by atoms with van der Waals surface area (Å²) in [5.74, 6) is 1.02. The molecule has 0 radical (unpaired) electrons. The predicted octanol–water partition coefficient (Wildman–Crippen LogP) is 2.10. The number of nitrogens with zero attached hydrogens (tertiary/aromatic N) is 1. The van der Waals surface area contributed by atoms with Gasteiger partial charge in [-0.25, -0.2) is 0 Å². The van der Waals surface area contributed by atoms with E-state index in [1.807, 2.05) is 12.1 Å². The maximum Gasteiger partial charge on any atom is 0.117 e. The summed E-state index contributed by atoms with van der Waals surface area (Å²) in [6.07, 6.45) is 3.05. The molecule has 0 amide bonds. The van der Waals surface area contributed by atoms with E-state index >= 15 is 0 Å². The third kappa shape index (κ3) is 3.35. The zero-order chi connectivity index (χ0) is 11.4. The Hall–Kier alpha value is -0.800. The minimum atomic E-state index is 0.515. The molecule has 0 bridgehead atoms. The van der Waals surface area contributed by atoms with Gasteiger partial charge in [0.2, 0.25) is 0 Å². The largest absolute Gasteiger partial charge is 0.468 e. The fourth-order valence-electron chi connectivity index (χ4n) is 2.28. The number of hydrogen-bond donors (Lipinski definition) is 1. The summed E-state index contributed by atoms with van der Waals surface area (Å²) < 4.78 is 5.26. The van der Waals surface area contributed by atoms with Crippen LogP contribution < -0.4 is 5.32 Å². The third-order valence-electron chi connectivity index (χ3n) is 3.24. The van der Waals surface area contributed by atoms with Crippen molar-refractivity contribution in [1.29, 1.82) is 0 Å². The Kier molecular flexibility index (Phi) is 3.66. The van der Waals surface area contributed by atoms with Gasteiger partial charge < -0.3 is 14.6 Å². The molecule has 16 heavy (non-hydrogen) atoms. The lowest BCUT2D eigenvalue weighted by atomic mass is 9.93. The highest BCUT2D eigenvalue weighted by Crippen LogP contribution is 2.28.